The second kappa shape index (κ2) is 7.77. The van der Waals surface area contributed by atoms with Gasteiger partial charge < -0.3 is 15.4 Å². The van der Waals surface area contributed by atoms with Crippen molar-refractivity contribution >= 4 is 38.6 Å². The van der Waals surface area contributed by atoms with Crippen molar-refractivity contribution in [3.63, 3.8) is 0 Å². The normalized spacial score (nSPS) is 15.3. The number of ether oxygens (including phenoxy) is 1. The SMILES string of the molecule is CC(C)(C)OC(=O)N1CCC(C#Cc2c(N)ncc3ccc(Br)cc23)CC1. The molecule has 142 valence electrons. The fourth-order valence-electron chi connectivity index (χ4n) is 3.04. The molecule has 1 aromatic heterocycles. The molecule has 1 amide bonds. The lowest BCUT2D eigenvalue weighted by molar-refractivity contribution is 0.0199. The minimum Gasteiger partial charge on any atom is -0.444 e. The molecule has 0 radical (unpaired) electrons. The van der Waals surface area contributed by atoms with Crippen LogP contribution in [0, 0.1) is 17.8 Å². The van der Waals surface area contributed by atoms with Gasteiger partial charge in [0.05, 0.1) is 5.56 Å². The molecule has 0 spiro atoms. The van der Waals surface area contributed by atoms with Gasteiger partial charge >= 0.3 is 6.09 Å². The second-order valence-electron chi connectivity index (χ2n) is 7.76. The fourth-order valence-corrected chi connectivity index (χ4v) is 3.40. The molecule has 5 nitrogen and oxygen atoms in total. The van der Waals surface area contributed by atoms with Gasteiger partial charge in [-0.3, -0.25) is 0 Å². The van der Waals surface area contributed by atoms with Gasteiger partial charge in [0.15, 0.2) is 0 Å². The van der Waals surface area contributed by atoms with E-state index in [9.17, 15) is 4.79 Å². The van der Waals surface area contributed by atoms with E-state index in [0.29, 0.717) is 18.9 Å². The zero-order valence-electron chi connectivity index (χ0n) is 15.9. The summed E-state index contributed by atoms with van der Waals surface area (Å²) in [4.78, 5) is 18.2. The van der Waals surface area contributed by atoms with Gasteiger partial charge in [-0.15, -0.1) is 0 Å². The van der Waals surface area contributed by atoms with Crippen molar-refractivity contribution in [2.75, 3.05) is 18.8 Å². The summed E-state index contributed by atoms with van der Waals surface area (Å²) in [6, 6.07) is 5.99. The number of piperidine rings is 1. The molecule has 1 saturated heterocycles. The minimum absolute atomic E-state index is 0.227. The molecule has 27 heavy (non-hydrogen) atoms. The molecule has 0 unspecified atom stereocenters. The fraction of sp³-hybridized carbons (Fsp3) is 0.429. The topological polar surface area (TPSA) is 68.5 Å². The van der Waals surface area contributed by atoms with Gasteiger partial charge in [0.2, 0.25) is 0 Å². The number of amides is 1. The Kier molecular flexibility index (Phi) is 5.61. The van der Waals surface area contributed by atoms with E-state index >= 15 is 0 Å². The number of halogens is 1. The van der Waals surface area contributed by atoms with Crippen molar-refractivity contribution in [2.24, 2.45) is 5.92 Å². The first-order valence-electron chi connectivity index (χ1n) is 9.06. The Morgan fingerprint density at radius 1 is 1.33 bits per heavy atom. The largest absolute Gasteiger partial charge is 0.444 e. The maximum atomic E-state index is 12.2. The summed E-state index contributed by atoms with van der Waals surface area (Å²) in [6.45, 7) is 6.95. The van der Waals surface area contributed by atoms with Gasteiger partial charge in [-0.25, -0.2) is 9.78 Å². The Balaban J connectivity index is 1.72. The number of likely N-dealkylation sites (tertiary alicyclic amines) is 1. The quantitative estimate of drug-likeness (QED) is 0.622. The number of rotatable bonds is 0. The maximum absolute atomic E-state index is 12.2. The van der Waals surface area contributed by atoms with Gasteiger partial charge in [0.25, 0.3) is 0 Å². The average Bonchev–Trinajstić information content (AvgIpc) is 2.60. The summed E-state index contributed by atoms with van der Waals surface area (Å²) in [5.74, 6) is 7.25. The summed E-state index contributed by atoms with van der Waals surface area (Å²) in [5, 5.41) is 2.01. The summed E-state index contributed by atoms with van der Waals surface area (Å²) in [7, 11) is 0. The minimum atomic E-state index is -0.471. The first-order chi connectivity index (χ1) is 12.7. The summed E-state index contributed by atoms with van der Waals surface area (Å²) in [6.07, 6.45) is 3.17. The highest BCUT2D eigenvalue weighted by atomic mass is 79.9. The number of benzene rings is 1. The lowest BCUT2D eigenvalue weighted by Gasteiger charge is -2.31. The molecular weight excluding hydrogens is 406 g/mol. The molecule has 0 atom stereocenters. The van der Waals surface area contributed by atoms with E-state index in [-0.39, 0.29) is 12.0 Å². The Morgan fingerprint density at radius 3 is 2.70 bits per heavy atom. The van der Waals surface area contributed by atoms with E-state index < -0.39 is 5.60 Å². The number of hydrogen-bond acceptors (Lipinski definition) is 4. The number of nitrogen functional groups attached to an aromatic ring is 1. The molecule has 1 aliphatic rings. The van der Waals surface area contributed by atoms with Crippen LogP contribution in [0.1, 0.15) is 39.2 Å². The first kappa shape index (κ1) is 19.5. The van der Waals surface area contributed by atoms with Crippen molar-refractivity contribution < 1.29 is 9.53 Å². The molecule has 1 aliphatic heterocycles. The van der Waals surface area contributed by atoms with E-state index in [4.69, 9.17) is 10.5 Å². The van der Waals surface area contributed by atoms with Gasteiger partial charge in [0.1, 0.15) is 11.4 Å². The number of nitrogens with two attached hydrogens (primary N) is 1. The molecule has 0 aliphatic carbocycles. The smallest absolute Gasteiger partial charge is 0.410 e. The Hall–Kier alpha value is -2.26. The average molecular weight is 430 g/mol. The highest BCUT2D eigenvalue weighted by molar-refractivity contribution is 9.10. The van der Waals surface area contributed by atoms with Crippen LogP contribution in [0.15, 0.2) is 28.9 Å². The van der Waals surface area contributed by atoms with Crippen molar-refractivity contribution in [3.8, 4) is 11.8 Å². The van der Waals surface area contributed by atoms with Gasteiger partial charge in [-0.1, -0.05) is 33.8 Å². The molecule has 1 aromatic carbocycles. The van der Waals surface area contributed by atoms with E-state index in [2.05, 4.69) is 32.8 Å². The van der Waals surface area contributed by atoms with Crippen LogP contribution in [-0.2, 0) is 4.74 Å². The monoisotopic (exact) mass is 429 g/mol. The lowest BCUT2D eigenvalue weighted by Crippen LogP contribution is -2.41. The standard InChI is InChI=1S/C21H24BrN3O2/c1-21(2,3)27-20(26)25-10-8-14(9-11-25)4-7-17-18-12-16(22)6-5-15(18)13-24-19(17)23/h5-6,12-14H,8-11H2,1-3H3,(H2,23,24). The molecule has 1 fully saturated rings. The molecule has 2 N–H and O–H groups in total. The van der Waals surface area contributed by atoms with E-state index in [0.717, 1.165) is 33.7 Å². The molecule has 2 aromatic rings. The highest BCUT2D eigenvalue weighted by Gasteiger charge is 2.26. The highest BCUT2D eigenvalue weighted by Crippen LogP contribution is 2.26. The zero-order valence-corrected chi connectivity index (χ0v) is 17.5. The Morgan fingerprint density at radius 2 is 2.04 bits per heavy atom. The number of carbonyl (C=O) groups excluding carboxylic acids is 1. The van der Waals surface area contributed by atoms with Crippen LogP contribution in [0.2, 0.25) is 0 Å². The summed E-state index contributed by atoms with van der Waals surface area (Å²) < 4.78 is 6.42. The number of carbonyl (C=O) groups is 1. The zero-order chi connectivity index (χ0) is 19.6. The predicted molar refractivity (Wildman–Crippen MR) is 111 cm³/mol. The molecule has 2 heterocycles. The summed E-state index contributed by atoms with van der Waals surface area (Å²) >= 11 is 3.50. The van der Waals surface area contributed by atoms with Crippen LogP contribution in [0.25, 0.3) is 10.8 Å². The number of nitrogens with zero attached hydrogens (tertiary/aromatic N) is 2. The molecule has 3 rings (SSSR count). The second-order valence-corrected chi connectivity index (χ2v) is 8.68. The number of aromatic nitrogens is 1. The van der Waals surface area contributed by atoms with Crippen molar-refractivity contribution in [3.05, 3.63) is 34.4 Å². The maximum Gasteiger partial charge on any atom is 0.410 e. The third kappa shape index (κ3) is 4.92. The molecular formula is C21H24BrN3O2. The van der Waals surface area contributed by atoms with Crippen LogP contribution >= 0.6 is 15.9 Å². The van der Waals surface area contributed by atoms with Gasteiger partial charge in [-0.2, -0.15) is 0 Å². The number of fused-ring (bicyclic) bond motifs is 1. The summed E-state index contributed by atoms with van der Waals surface area (Å²) in [5.41, 5.74) is 6.37. The van der Waals surface area contributed by atoms with Crippen molar-refractivity contribution in [2.45, 2.75) is 39.2 Å². The third-order valence-electron chi connectivity index (χ3n) is 4.43. The van der Waals surface area contributed by atoms with Crippen LogP contribution < -0.4 is 5.73 Å². The van der Waals surface area contributed by atoms with Crippen LogP contribution in [-0.4, -0.2) is 34.7 Å². The first-order valence-corrected chi connectivity index (χ1v) is 9.85. The Labute approximate surface area is 168 Å². The van der Waals surface area contributed by atoms with Crippen LogP contribution in [0.5, 0.6) is 0 Å². The van der Waals surface area contributed by atoms with Gasteiger partial charge in [-0.05, 0) is 45.7 Å². The van der Waals surface area contributed by atoms with E-state index in [1.54, 1.807) is 11.1 Å². The molecule has 6 heteroatoms. The predicted octanol–water partition coefficient (Wildman–Crippen LogP) is 4.58. The van der Waals surface area contributed by atoms with Crippen molar-refractivity contribution in [1.29, 1.82) is 0 Å². The number of anilines is 1. The molecule has 0 saturated carbocycles. The lowest BCUT2D eigenvalue weighted by atomic mass is 9.97. The van der Waals surface area contributed by atoms with Crippen molar-refractivity contribution in [1.82, 2.24) is 9.88 Å². The van der Waals surface area contributed by atoms with Gasteiger partial charge in [0, 0.05) is 40.4 Å². The molecule has 0 bridgehead atoms. The number of hydrogen-bond donors (Lipinski definition) is 1. The third-order valence-corrected chi connectivity index (χ3v) is 4.92. The van der Waals surface area contributed by atoms with Crippen LogP contribution in [0.3, 0.4) is 0 Å². The van der Waals surface area contributed by atoms with Crippen LogP contribution in [0.4, 0.5) is 10.6 Å². The Bertz CT molecular complexity index is 911. The number of pyridine rings is 1. The van der Waals surface area contributed by atoms with E-state index in [1.165, 1.54) is 0 Å². The van der Waals surface area contributed by atoms with E-state index in [1.807, 2.05) is 39.0 Å².